The second-order valence-electron chi connectivity index (χ2n) is 3.74. The van der Waals surface area contributed by atoms with Crippen molar-refractivity contribution >= 4 is 11.6 Å². The van der Waals surface area contributed by atoms with E-state index in [1.807, 2.05) is 6.92 Å². The van der Waals surface area contributed by atoms with Crippen LogP contribution in [0.3, 0.4) is 0 Å². The average molecular weight is 240 g/mol. The molecule has 0 bridgehead atoms. The highest BCUT2D eigenvalue weighted by Gasteiger charge is 2.11. The lowest BCUT2D eigenvalue weighted by Crippen LogP contribution is -2.35. The van der Waals surface area contributed by atoms with Crippen molar-refractivity contribution in [3.63, 3.8) is 0 Å². The van der Waals surface area contributed by atoms with Crippen molar-refractivity contribution in [2.45, 2.75) is 13.5 Å². The van der Waals surface area contributed by atoms with Gasteiger partial charge in [-0.2, -0.15) is 0 Å². The first-order valence-corrected chi connectivity index (χ1v) is 5.45. The summed E-state index contributed by atoms with van der Waals surface area (Å²) in [6.45, 7) is 2.33. The normalized spacial score (nSPS) is 10.1. The molecule has 1 aromatic carbocycles. The molecule has 1 rings (SSSR count). The van der Waals surface area contributed by atoms with Crippen molar-refractivity contribution in [1.82, 2.24) is 5.32 Å². The molecule has 1 amide bonds. The third kappa shape index (κ3) is 3.71. The van der Waals surface area contributed by atoms with Crippen LogP contribution >= 0.6 is 0 Å². The fourth-order valence-corrected chi connectivity index (χ4v) is 1.61. The summed E-state index contributed by atoms with van der Waals surface area (Å²) in [5.41, 5.74) is 1.12. The van der Waals surface area contributed by atoms with Gasteiger partial charge < -0.3 is 15.3 Å². The van der Waals surface area contributed by atoms with E-state index in [1.54, 1.807) is 18.0 Å². The number of carbonyl (C=O) groups is 1. The molecule has 0 radical (unpaired) electrons. The molecule has 0 spiro atoms. The summed E-state index contributed by atoms with van der Waals surface area (Å²) in [5, 5.41) is 11.8. The summed E-state index contributed by atoms with van der Waals surface area (Å²) in [7, 11) is 1.72. The van der Waals surface area contributed by atoms with E-state index in [1.165, 1.54) is 12.1 Å². The number of hydrogen-bond donors (Lipinski definition) is 2. The number of nitrogens with one attached hydrogen (secondary N) is 1. The first-order valence-electron chi connectivity index (χ1n) is 5.45. The zero-order valence-corrected chi connectivity index (χ0v) is 10.0. The standard InChI is InChI=1S/C12H17FN2O2/c1-3-14-12(17)7-15(2)11-5-4-10(13)6-9(11)8-16/h4-6,16H,3,7-8H2,1-2H3,(H,14,17). The van der Waals surface area contributed by atoms with Gasteiger partial charge in [-0.15, -0.1) is 0 Å². The van der Waals surface area contributed by atoms with Crippen LogP contribution in [0.2, 0.25) is 0 Å². The molecule has 1 aromatic rings. The smallest absolute Gasteiger partial charge is 0.239 e. The Morgan fingerprint density at radius 3 is 2.82 bits per heavy atom. The van der Waals surface area contributed by atoms with Crippen LogP contribution < -0.4 is 10.2 Å². The number of carbonyl (C=O) groups excluding carboxylic acids is 1. The number of amides is 1. The molecule has 0 saturated carbocycles. The molecule has 0 aliphatic heterocycles. The molecular weight excluding hydrogens is 223 g/mol. The Kier molecular flexibility index (Phi) is 4.90. The van der Waals surface area contributed by atoms with Crippen LogP contribution in [-0.2, 0) is 11.4 Å². The van der Waals surface area contributed by atoms with Crippen molar-refractivity contribution in [1.29, 1.82) is 0 Å². The van der Waals surface area contributed by atoms with Crippen molar-refractivity contribution in [3.8, 4) is 0 Å². The molecule has 17 heavy (non-hydrogen) atoms. The van der Waals surface area contributed by atoms with Crippen LogP contribution in [0.25, 0.3) is 0 Å². The van der Waals surface area contributed by atoms with E-state index in [-0.39, 0.29) is 19.1 Å². The van der Waals surface area contributed by atoms with Crippen molar-refractivity contribution in [2.75, 3.05) is 25.0 Å². The molecule has 4 nitrogen and oxygen atoms in total. The van der Waals surface area contributed by atoms with Crippen molar-refractivity contribution in [2.24, 2.45) is 0 Å². The third-order valence-corrected chi connectivity index (χ3v) is 2.38. The molecular formula is C12H17FN2O2. The van der Waals surface area contributed by atoms with E-state index >= 15 is 0 Å². The summed E-state index contributed by atoms with van der Waals surface area (Å²) >= 11 is 0. The first-order chi connectivity index (χ1) is 8.08. The van der Waals surface area contributed by atoms with Gasteiger partial charge in [0.1, 0.15) is 5.82 Å². The van der Waals surface area contributed by atoms with Gasteiger partial charge in [0.15, 0.2) is 0 Å². The molecule has 0 saturated heterocycles. The number of anilines is 1. The second-order valence-corrected chi connectivity index (χ2v) is 3.74. The Balaban J connectivity index is 2.81. The lowest BCUT2D eigenvalue weighted by atomic mass is 10.1. The maximum atomic E-state index is 13.0. The summed E-state index contributed by atoms with van der Waals surface area (Å²) in [4.78, 5) is 13.1. The van der Waals surface area contributed by atoms with Crippen LogP contribution in [0.1, 0.15) is 12.5 Å². The summed E-state index contributed by atoms with van der Waals surface area (Å²) in [5.74, 6) is -0.507. The number of halogens is 1. The number of aliphatic hydroxyl groups is 1. The maximum absolute atomic E-state index is 13.0. The summed E-state index contributed by atoms with van der Waals surface area (Å²) < 4.78 is 13.0. The SMILES string of the molecule is CCNC(=O)CN(C)c1ccc(F)cc1CO. The molecule has 0 heterocycles. The van der Waals surface area contributed by atoms with Crippen LogP contribution in [0.15, 0.2) is 18.2 Å². The monoisotopic (exact) mass is 240 g/mol. The molecule has 0 atom stereocenters. The zero-order valence-electron chi connectivity index (χ0n) is 10.0. The van der Waals surface area contributed by atoms with Gasteiger partial charge in [0, 0.05) is 24.8 Å². The fourth-order valence-electron chi connectivity index (χ4n) is 1.61. The first kappa shape index (κ1) is 13.4. The minimum absolute atomic E-state index is 0.108. The van der Waals surface area contributed by atoms with E-state index in [4.69, 9.17) is 5.11 Å². The van der Waals surface area contributed by atoms with Gasteiger partial charge in [0.25, 0.3) is 0 Å². The minimum atomic E-state index is -0.399. The predicted octanol–water partition coefficient (Wildman–Crippen LogP) is 0.890. The Morgan fingerprint density at radius 2 is 2.24 bits per heavy atom. The number of benzene rings is 1. The van der Waals surface area contributed by atoms with E-state index < -0.39 is 5.82 Å². The molecule has 94 valence electrons. The van der Waals surface area contributed by atoms with Crippen molar-refractivity contribution < 1.29 is 14.3 Å². The van der Waals surface area contributed by atoms with E-state index in [0.29, 0.717) is 17.8 Å². The van der Waals surface area contributed by atoms with Gasteiger partial charge in [-0.3, -0.25) is 4.79 Å². The van der Waals surface area contributed by atoms with Gasteiger partial charge in [0.2, 0.25) is 5.91 Å². The van der Waals surface area contributed by atoms with E-state index in [0.717, 1.165) is 0 Å². The van der Waals surface area contributed by atoms with Gasteiger partial charge in [-0.1, -0.05) is 0 Å². The average Bonchev–Trinajstić information content (AvgIpc) is 2.28. The Bertz CT molecular complexity index is 396. The summed E-state index contributed by atoms with van der Waals surface area (Å²) in [6.07, 6.45) is 0. The third-order valence-electron chi connectivity index (χ3n) is 2.38. The lowest BCUT2D eigenvalue weighted by molar-refractivity contribution is -0.119. The van der Waals surface area contributed by atoms with Gasteiger partial charge in [-0.25, -0.2) is 4.39 Å². The summed E-state index contributed by atoms with van der Waals surface area (Å²) in [6, 6.07) is 4.13. The lowest BCUT2D eigenvalue weighted by Gasteiger charge is -2.21. The maximum Gasteiger partial charge on any atom is 0.239 e. The predicted molar refractivity (Wildman–Crippen MR) is 64.3 cm³/mol. The number of nitrogens with zero attached hydrogens (tertiary/aromatic N) is 1. The molecule has 0 fully saturated rings. The second kappa shape index (κ2) is 6.20. The minimum Gasteiger partial charge on any atom is -0.392 e. The van der Waals surface area contributed by atoms with Gasteiger partial charge in [-0.05, 0) is 25.1 Å². The molecule has 0 unspecified atom stereocenters. The molecule has 0 aliphatic carbocycles. The van der Waals surface area contributed by atoms with E-state index in [2.05, 4.69) is 5.32 Å². The molecule has 5 heteroatoms. The zero-order chi connectivity index (χ0) is 12.8. The quantitative estimate of drug-likeness (QED) is 0.803. The highest BCUT2D eigenvalue weighted by atomic mass is 19.1. The van der Waals surface area contributed by atoms with Crippen LogP contribution in [0.5, 0.6) is 0 Å². The van der Waals surface area contributed by atoms with Gasteiger partial charge in [0.05, 0.1) is 13.2 Å². The highest BCUT2D eigenvalue weighted by Crippen LogP contribution is 2.20. The largest absolute Gasteiger partial charge is 0.392 e. The number of hydrogen-bond acceptors (Lipinski definition) is 3. The number of likely N-dealkylation sites (N-methyl/N-ethyl adjacent to an activating group) is 2. The van der Waals surface area contributed by atoms with Gasteiger partial charge >= 0.3 is 0 Å². The number of aliphatic hydroxyl groups excluding tert-OH is 1. The topological polar surface area (TPSA) is 52.6 Å². The van der Waals surface area contributed by atoms with E-state index in [9.17, 15) is 9.18 Å². The molecule has 0 aliphatic rings. The van der Waals surface area contributed by atoms with Crippen LogP contribution in [0.4, 0.5) is 10.1 Å². The Hall–Kier alpha value is -1.62. The Morgan fingerprint density at radius 1 is 1.53 bits per heavy atom. The Labute approximate surface area is 100 Å². The molecule has 2 N–H and O–H groups in total. The highest BCUT2D eigenvalue weighted by molar-refractivity contribution is 5.81. The van der Waals surface area contributed by atoms with Crippen LogP contribution in [0, 0.1) is 5.82 Å². The fraction of sp³-hybridized carbons (Fsp3) is 0.417. The number of rotatable bonds is 5. The van der Waals surface area contributed by atoms with Crippen molar-refractivity contribution in [3.05, 3.63) is 29.6 Å². The van der Waals surface area contributed by atoms with Crippen LogP contribution in [-0.4, -0.2) is 31.2 Å². The molecule has 0 aromatic heterocycles.